The third kappa shape index (κ3) is 5.05. The zero-order chi connectivity index (χ0) is 17.6. The van der Waals surface area contributed by atoms with E-state index >= 15 is 0 Å². The van der Waals surface area contributed by atoms with Crippen LogP contribution in [0.15, 0.2) is 18.2 Å². The molecule has 1 aromatic rings. The molecule has 0 nitrogen and oxygen atoms in total. The summed E-state index contributed by atoms with van der Waals surface area (Å²) in [6.45, 7) is 2.31. The summed E-state index contributed by atoms with van der Waals surface area (Å²) in [4.78, 5) is 0. The second kappa shape index (κ2) is 9.14. The fourth-order valence-electron chi connectivity index (χ4n) is 5.48. The van der Waals surface area contributed by atoms with Gasteiger partial charge in [-0.3, -0.25) is 0 Å². The average molecular weight is 349 g/mol. The molecule has 2 aliphatic rings. The molecule has 0 aromatic heterocycles. The molecule has 2 fully saturated rings. The standard InChI is InChI=1S/C23H34F2/c1-2-5-17-6-3-8-18(9-4-7-17)19-10-12-20(13-11-19)21-14-15-22(24)23(25)16-21/h14-20H,2-13H2,1H3. The number of rotatable bonds is 4. The maximum absolute atomic E-state index is 13.5. The largest absolute Gasteiger partial charge is 0.204 e. The van der Waals surface area contributed by atoms with Crippen LogP contribution in [0.5, 0.6) is 0 Å². The van der Waals surface area contributed by atoms with Crippen LogP contribution in [0.2, 0.25) is 0 Å². The number of hydrogen-bond acceptors (Lipinski definition) is 0. The molecule has 0 unspecified atom stereocenters. The second-order valence-corrected chi connectivity index (χ2v) is 8.56. The monoisotopic (exact) mass is 348 g/mol. The van der Waals surface area contributed by atoms with Gasteiger partial charge in [-0.05, 0) is 67.1 Å². The lowest BCUT2D eigenvalue weighted by atomic mass is 9.70. The van der Waals surface area contributed by atoms with Crippen LogP contribution in [-0.2, 0) is 0 Å². The molecule has 0 amide bonds. The van der Waals surface area contributed by atoms with E-state index in [9.17, 15) is 8.78 Å². The molecular weight excluding hydrogens is 314 g/mol. The van der Waals surface area contributed by atoms with Crippen molar-refractivity contribution < 1.29 is 8.78 Å². The summed E-state index contributed by atoms with van der Waals surface area (Å²) in [5.74, 6) is 1.76. The van der Waals surface area contributed by atoms with Crippen molar-refractivity contribution in [3.05, 3.63) is 35.4 Å². The van der Waals surface area contributed by atoms with Gasteiger partial charge in [-0.15, -0.1) is 0 Å². The molecule has 0 bridgehead atoms. The fraction of sp³-hybridized carbons (Fsp3) is 0.739. The van der Waals surface area contributed by atoms with Gasteiger partial charge in [-0.1, -0.05) is 64.4 Å². The van der Waals surface area contributed by atoms with Gasteiger partial charge in [0.2, 0.25) is 0 Å². The minimum absolute atomic E-state index is 0.425. The second-order valence-electron chi connectivity index (χ2n) is 8.56. The summed E-state index contributed by atoms with van der Waals surface area (Å²) >= 11 is 0. The van der Waals surface area contributed by atoms with Gasteiger partial charge in [0.15, 0.2) is 11.6 Å². The van der Waals surface area contributed by atoms with Crippen molar-refractivity contribution in [2.24, 2.45) is 17.8 Å². The van der Waals surface area contributed by atoms with Crippen LogP contribution in [0.1, 0.15) is 95.5 Å². The highest BCUT2D eigenvalue weighted by Crippen LogP contribution is 2.43. The molecule has 0 spiro atoms. The van der Waals surface area contributed by atoms with E-state index in [0.717, 1.165) is 36.2 Å². The zero-order valence-corrected chi connectivity index (χ0v) is 15.8. The van der Waals surface area contributed by atoms with E-state index in [-0.39, 0.29) is 0 Å². The smallest absolute Gasteiger partial charge is 0.159 e. The lowest BCUT2D eigenvalue weighted by Gasteiger charge is -2.36. The van der Waals surface area contributed by atoms with Gasteiger partial charge in [0, 0.05) is 0 Å². The Balaban J connectivity index is 1.49. The lowest BCUT2D eigenvalue weighted by Crippen LogP contribution is -2.23. The van der Waals surface area contributed by atoms with Crippen molar-refractivity contribution in [3.63, 3.8) is 0 Å². The third-order valence-electron chi connectivity index (χ3n) is 6.93. The van der Waals surface area contributed by atoms with Gasteiger partial charge < -0.3 is 0 Å². The van der Waals surface area contributed by atoms with Gasteiger partial charge in [-0.2, -0.15) is 0 Å². The van der Waals surface area contributed by atoms with E-state index in [1.807, 2.05) is 0 Å². The van der Waals surface area contributed by atoms with E-state index in [0.29, 0.717) is 5.92 Å². The Hall–Kier alpha value is -0.920. The SMILES string of the molecule is CCCC1CCCC(C2CCC(c3ccc(F)c(F)c3)CC2)CCC1. The van der Waals surface area contributed by atoms with Gasteiger partial charge in [0.1, 0.15) is 0 Å². The highest BCUT2D eigenvalue weighted by molar-refractivity contribution is 5.22. The third-order valence-corrected chi connectivity index (χ3v) is 6.93. The molecule has 0 saturated heterocycles. The maximum Gasteiger partial charge on any atom is 0.159 e. The summed E-state index contributed by atoms with van der Waals surface area (Å²) in [6, 6.07) is 4.50. The normalized spacial score (nSPS) is 31.3. The van der Waals surface area contributed by atoms with E-state index in [4.69, 9.17) is 0 Å². The van der Waals surface area contributed by atoms with Crippen LogP contribution in [0.4, 0.5) is 8.78 Å². The van der Waals surface area contributed by atoms with E-state index in [1.54, 1.807) is 6.07 Å². The fourth-order valence-corrected chi connectivity index (χ4v) is 5.48. The molecule has 1 aromatic carbocycles. The minimum atomic E-state index is -0.728. The van der Waals surface area contributed by atoms with Gasteiger partial charge in [0.05, 0.1) is 0 Å². The zero-order valence-electron chi connectivity index (χ0n) is 15.8. The van der Waals surface area contributed by atoms with Crippen molar-refractivity contribution >= 4 is 0 Å². The van der Waals surface area contributed by atoms with E-state index in [2.05, 4.69) is 6.92 Å². The van der Waals surface area contributed by atoms with Crippen molar-refractivity contribution in [2.45, 2.75) is 89.9 Å². The topological polar surface area (TPSA) is 0 Å². The van der Waals surface area contributed by atoms with Crippen LogP contribution in [0.3, 0.4) is 0 Å². The Morgan fingerprint density at radius 2 is 1.44 bits per heavy atom. The Bertz CT molecular complexity index is 521. The van der Waals surface area contributed by atoms with Gasteiger partial charge >= 0.3 is 0 Å². The van der Waals surface area contributed by atoms with Crippen LogP contribution in [0.25, 0.3) is 0 Å². The lowest BCUT2D eigenvalue weighted by molar-refractivity contribution is 0.184. The van der Waals surface area contributed by atoms with Crippen LogP contribution in [-0.4, -0.2) is 0 Å². The van der Waals surface area contributed by atoms with E-state index < -0.39 is 11.6 Å². The van der Waals surface area contributed by atoms with Crippen molar-refractivity contribution in [3.8, 4) is 0 Å². The summed E-state index contributed by atoms with van der Waals surface area (Å²) in [6.07, 6.45) is 16.1. The quantitative estimate of drug-likeness (QED) is 0.525. The predicted octanol–water partition coefficient (Wildman–Crippen LogP) is 7.63. The first kappa shape index (κ1) is 18.9. The molecule has 140 valence electrons. The molecule has 0 aliphatic heterocycles. The molecule has 2 aliphatic carbocycles. The molecule has 3 rings (SSSR count). The molecule has 0 radical (unpaired) electrons. The average Bonchev–Trinajstić information content (AvgIpc) is 2.60. The van der Waals surface area contributed by atoms with Crippen LogP contribution in [0, 0.1) is 29.4 Å². The first-order chi connectivity index (χ1) is 12.2. The number of benzene rings is 1. The Morgan fingerprint density at radius 1 is 0.800 bits per heavy atom. The molecule has 2 heteroatoms. The maximum atomic E-state index is 13.5. The van der Waals surface area contributed by atoms with Gasteiger partial charge in [-0.25, -0.2) is 8.78 Å². The summed E-state index contributed by atoms with van der Waals surface area (Å²) in [5, 5.41) is 0. The molecular formula is C23H34F2. The summed E-state index contributed by atoms with van der Waals surface area (Å²) in [5.41, 5.74) is 0.998. The van der Waals surface area contributed by atoms with E-state index in [1.165, 1.54) is 76.3 Å². The number of hydrogen-bond donors (Lipinski definition) is 0. The highest BCUT2D eigenvalue weighted by Gasteiger charge is 2.29. The van der Waals surface area contributed by atoms with Crippen molar-refractivity contribution in [1.82, 2.24) is 0 Å². The van der Waals surface area contributed by atoms with Gasteiger partial charge in [0.25, 0.3) is 0 Å². The van der Waals surface area contributed by atoms with Crippen LogP contribution >= 0.6 is 0 Å². The Morgan fingerprint density at radius 3 is 2.04 bits per heavy atom. The molecule has 0 N–H and O–H groups in total. The summed E-state index contributed by atoms with van der Waals surface area (Å²) < 4.78 is 26.6. The molecule has 0 atom stereocenters. The Kier molecular flexibility index (Phi) is 6.90. The Labute approximate surface area is 152 Å². The molecule has 25 heavy (non-hydrogen) atoms. The van der Waals surface area contributed by atoms with Crippen molar-refractivity contribution in [2.75, 3.05) is 0 Å². The first-order valence-corrected chi connectivity index (χ1v) is 10.6. The van der Waals surface area contributed by atoms with Crippen molar-refractivity contribution in [1.29, 1.82) is 0 Å². The molecule has 0 heterocycles. The number of halogens is 2. The highest BCUT2D eigenvalue weighted by atomic mass is 19.2. The summed E-state index contributed by atoms with van der Waals surface area (Å²) in [7, 11) is 0. The first-order valence-electron chi connectivity index (χ1n) is 10.6. The molecule has 2 saturated carbocycles. The predicted molar refractivity (Wildman–Crippen MR) is 101 cm³/mol. The van der Waals surface area contributed by atoms with Crippen LogP contribution < -0.4 is 0 Å². The minimum Gasteiger partial charge on any atom is -0.204 e.